The number of benzene rings is 1. The van der Waals surface area contributed by atoms with E-state index in [1.807, 2.05) is 30.3 Å². The van der Waals surface area contributed by atoms with Crippen LogP contribution in [0, 0.1) is 0 Å². The third-order valence-electron chi connectivity index (χ3n) is 3.11. The zero-order chi connectivity index (χ0) is 14.5. The molecule has 1 aromatic rings. The topological polar surface area (TPSA) is 60.9 Å². The predicted molar refractivity (Wildman–Crippen MR) is 73.3 cm³/mol. The van der Waals surface area contributed by atoms with Gasteiger partial charge >= 0.3 is 8.56 Å². The van der Waals surface area contributed by atoms with Crippen molar-refractivity contribution in [2.75, 3.05) is 21.1 Å². The van der Waals surface area contributed by atoms with Gasteiger partial charge in [-0.3, -0.25) is 14.4 Å². The number of hydrogen-bond acceptors (Lipinski definition) is 3. The predicted octanol–water partition coefficient (Wildman–Crippen LogP) is -0.903. The Morgan fingerprint density at radius 3 is 1.47 bits per heavy atom. The monoisotopic (exact) mass is 279 g/mol. The minimum Gasteiger partial charge on any atom is -0.337 e. The first-order chi connectivity index (χ1) is 9.05. The van der Waals surface area contributed by atoms with Crippen molar-refractivity contribution in [1.29, 1.82) is 0 Å². The van der Waals surface area contributed by atoms with E-state index in [0.717, 1.165) is 5.19 Å². The molecule has 19 heavy (non-hydrogen) atoms. The highest BCUT2D eigenvalue weighted by atomic mass is 28.4. The Kier molecular flexibility index (Phi) is 4.82. The minimum absolute atomic E-state index is 0.638. The normalized spacial score (nSPS) is 10.5. The summed E-state index contributed by atoms with van der Waals surface area (Å²) in [4.78, 5) is 33.7. The Morgan fingerprint density at radius 1 is 0.789 bits per heavy atom. The van der Waals surface area contributed by atoms with E-state index in [-0.39, 0.29) is 0 Å². The second kappa shape index (κ2) is 6.14. The van der Waals surface area contributed by atoms with Crippen LogP contribution in [0.25, 0.3) is 0 Å². The molecule has 1 rings (SSSR count). The highest BCUT2D eigenvalue weighted by Crippen LogP contribution is 2.13. The fourth-order valence-electron chi connectivity index (χ4n) is 2.24. The van der Waals surface area contributed by atoms with Gasteiger partial charge in [0.05, 0.1) is 0 Å². The average Bonchev–Trinajstić information content (AvgIpc) is 2.47. The van der Waals surface area contributed by atoms with Crippen molar-refractivity contribution in [3.63, 3.8) is 0 Å². The molecule has 0 aliphatic rings. The molecule has 1 aromatic carbocycles. The van der Waals surface area contributed by atoms with E-state index in [1.165, 1.54) is 13.7 Å². The van der Waals surface area contributed by atoms with E-state index < -0.39 is 8.56 Å². The lowest BCUT2D eigenvalue weighted by molar-refractivity contribution is -0.117. The van der Waals surface area contributed by atoms with Gasteiger partial charge in [0.15, 0.2) is 0 Å². The Hall–Kier alpha value is -2.15. The Morgan fingerprint density at radius 2 is 1.16 bits per heavy atom. The van der Waals surface area contributed by atoms with Crippen LogP contribution in [0.3, 0.4) is 0 Å². The second-order valence-electron chi connectivity index (χ2n) is 4.15. The molecule has 0 saturated heterocycles. The lowest BCUT2D eigenvalue weighted by Gasteiger charge is -2.45. The van der Waals surface area contributed by atoms with E-state index in [0.29, 0.717) is 19.2 Å². The number of carbonyl (C=O) groups excluding carboxylic acids is 3. The molecule has 0 spiro atoms. The molecule has 0 atom stereocenters. The molecule has 0 unspecified atom stereocenters. The number of hydrogen-bond donors (Lipinski definition) is 0. The van der Waals surface area contributed by atoms with Gasteiger partial charge in [-0.1, -0.05) is 30.3 Å². The molecule has 0 heterocycles. The molecule has 0 aromatic heterocycles. The van der Waals surface area contributed by atoms with Crippen LogP contribution in [0.4, 0.5) is 0 Å². The third kappa shape index (κ3) is 2.36. The molecule has 0 radical (unpaired) electrons. The number of nitrogens with zero attached hydrogens (tertiary/aromatic N) is 3. The molecular formula is C12H17N3O3Si. The fraction of sp³-hybridized carbons (Fsp3) is 0.250. The molecule has 0 fully saturated rings. The summed E-state index contributed by atoms with van der Waals surface area (Å²) in [5.74, 6) is 0. The average molecular weight is 279 g/mol. The van der Waals surface area contributed by atoms with Crippen LogP contribution in [0.1, 0.15) is 0 Å². The fourth-order valence-corrected chi connectivity index (χ4v) is 6.03. The van der Waals surface area contributed by atoms with E-state index in [1.54, 1.807) is 21.1 Å². The standard InChI is InChI=1S/C12H17N3O3Si/c1-13(9-16)19(14(2)10-17,15(3)11-18)12-7-5-4-6-8-12/h4-11H,1-3H3. The summed E-state index contributed by atoms with van der Waals surface area (Å²) in [6.45, 7) is 0. The third-order valence-corrected chi connectivity index (χ3v) is 7.49. The van der Waals surface area contributed by atoms with Gasteiger partial charge < -0.3 is 13.7 Å². The maximum Gasteiger partial charge on any atom is 0.419 e. The summed E-state index contributed by atoms with van der Waals surface area (Å²) in [6, 6.07) is 9.09. The van der Waals surface area contributed by atoms with Crippen molar-refractivity contribution in [3.8, 4) is 0 Å². The molecule has 7 heteroatoms. The van der Waals surface area contributed by atoms with Crippen molar-refractivity contribution in [3.05, 3.63) is 30.3 Å². The molecular weight excluding hydrogens is 262 g/mol. The van der Waals surface area contributed by atoms with Gasteiger partial charge in [0.1, 0.15) is 0 Å². The molecule has 3 amide bonds. The van der Waals surface area contributed by atoms with Crippen molar-refractivity contribution in [2.45, 2.75) is 0 Å². The Bertz CT molecular complexity index is 419. The molecule has 0 bridgehead atoms. The summed E-state index contributed by atoms with van der Waals surface area (Å²) in [7, 11) is 1.64. The molecule has 0 aliphatic heterocycles. The summed E-state index contributed by atoms with van der Waals surface area (Å²) >= 11 is 0. The van der Waals surface area contributed by atoms with Gasteiger partial charge in [0.25, 0.3) is 0 Å². The Balaban J connectivity index is 3.56. The first kappa shape index (κ1) is 14.9. The molecule has 0 N–H and O–H groups in total. The molecule has 0 aliphatic carbocycles. The minimum atomic E-state index is -3.09. The first-order valence-electron chi connectivity index (χ1n) is 5.65. The molecule has 0 saturated carbocycles. The van der Waals surface area contributed by atoms with Crippen LogP contribution < -0.4 is 5.19 Å². The molecule has 6 nitrogen and oxygen atoms in total. The van der Waals surface area contributed by atoms with E-state index in [2.05, 4.69) is 0 Å². The second-order valence-corrected chi connectivity index (χ2v) is 8.11. The SMILES string of the molecule is CN(C=O)[Si](c1ccccc1)(N(C)C=O)N(C)C=O. The van der Waals surface area contributed by atoms with Crippen LogP contribution in [0.5, 0.6) is 0 Å². The van der Waals surface area contributed by atoms with Gasteiger partial charge in [0.2, 0.25) is 19.2 Å². The smallest absolute Gasteiger partial charge is 0.337 e. The summed E-state index contributed by atoms with van der Waals surface area (Å²) in [5.41, 5.74) is 0. The zero-order valence-electron chi connectivity index (χ0n) is 11.2. The summed E-state index contributed by atoms with van der Waals surface area (Å²) in [6.07, 6.45) is 1.91. The van der Waals surface area contributed by atoms with Crippen LogP contribution in [-0.2, 0) is 14.4 Å². The number of rotatable bonds is 7. The van der Waals surface area contributed by atoms with Crippen LogP contribution >= 0.6 is 0 Å². The van der Waals surface area contributed by atoms with Gasteiger partial charge in [-0.2, -0.15) is 0 Å². The summed E-state index contributed by atoms with van der Waals surface area (Å²) < 4.78 is 4.22. The van der Waals surface area contributed by atoms with Crippen molar-refractivity contribution < 1.29 is 14.4 Å². The molecule has 102 valence electrons. The van der Waals surface area contributed by atoms with Crippen molar-refractivity contribution >= 4 is 33.0 Å². The largest absolute Gasteiger partial charge is 0.419 e. The highest BCUT2D eigenvalue weighted by molar-refractivity contribution is 6.88. The maximum atomic E-state index is 11.2. The maximum absolute atomic E-state index is 11.2. The lowest BCUT2D eigenvalue weighted by Crippen LogP contribution is -2.78. The number of amides is 3. The van der Waals surface area contributed by atoms with Gasteiger partial charge in [-0.15, -0.1) is 0 Å². The van der Waals surface area contributed by atoms with Crippen LogP contribution in [-0.4, -0.2) is 62.6 Å². The van der Waals surface area contributed by atoms with Gasteiger partial charge in [-0.05, 0) is 0 Å². The lowest BCUT2D eigenvalue weighted by atomic mass is 10.4. The van der Waals surface area contributed by atoms with E-state index in [4.69, 9.17) is 0 Å². The van der Waals surface area contributed by atoms with Gasteiger partial charge in [0, 0.05) is 26.3 Å². The highest BCUT2D eigenvalue weighted by Gasteiger charge is 2.50. The van der Waals surface area contributed by atoms with Crippen molar-refractivity contribution in [1.82, 2.24) is 13.7 Å². The first-order valence-corrected chi connectivity index (χ1v) is 7.50. The van der Waals surface area contributed by atoms with Crippen LogP contribution in [0.2, 0.25) is 0 Å². The zero-order valence-corrected chi connectivity index (χ0v) is 12.2. The Labute approximate surface area is 113 Å². The summed E-state index contributed by atoms with van der Waals surface area (Å²) in [5, 5.41) is 0.772. The van der Waals surface area contributed by atoms with E-state index in [9.17, 15) is 14.4 Å². The van der Waals surface area contributed by atoms with E-state index >= 15 is 0 Å². The number of carbonyl (C=O) groups is 3. The van der Waals surface area contributed by atoms with Crippen LogP contribution in [0.15, 0.2) is 30.3 Å². The quantitative estimate of drug-likeness (QED) is 0.480. The van der Waals surface area contributed by atoms with Gasteiger partial charge in [-0.25, -0.2) is 0 Å². The van der Waals surface area contributed by atoms with Crippen molar-refractivity contribution in [2.24, 2.45) is 0 Å².